The Morgan fingerprint density at radius 1 is 1.14 bits per heavy atom. The van der Waals surface area contributed by atoms with Gasteiger partial charge in [-0.1, -0.05) is 24.3 Å². The van der Waals surface area contributed by atoms with Gasteiger partial charge in [0, 0.05) is 0 Å². The van der Waals surface area contributed by atoms with Crippen molar-refractivity contribution in [2.75, 3.05) is 6.61 Å². The van der Waals surface area contributed by atoms with Gasteiger partial charge in [0.25, 0.3) is 0 Å². The van der Waals surface area contributed by atoms with Crippen molar-refractivity contribution in [1.29, 1.82) is 0 Å². The Bertz CT molecular complexity index is 770. The number of para-hydroxylation sites is 2. The fourth-order valence-corrected chi connectivity index (χ4v) is 2.74. The molecular formula is C16H12FNO3S. The normalized spacial score (nSPS) is 10.6. The van der Waals surface area contributed by atoms with E-state index in [1.54, 1.807) is 12.1 Å². The van der Waals surface area contributed by atoms with Gasteiger partial charge in [-0.25, -0.2) is 14.2 Å². The van der Waals surface area contributed by atoms with Crippen molar-refractivity contribution in [1.82, 2.24) is 4.98 Å². The SMILES string of the molecule is O=C(COc1ccccc1F)OCc1nc2ccccc2s1. The monoisotopic (exact) mass is 317 g/mol. The lowest BCUT2D eigenvalue weighted by molar-refractivity contribution is -0.147. The Balaban J connectivity index is 1.53. The highest BCUT2D eigenvalue weighted by Gasteiger charge is 2.09. The van der Waals surface area contributed by atoms with Crippen molar-refractivity contribution >= 4 is 27.5 Å². The van der Waals surface area contributed by atoms with Crippen LogP contribution in [0.4, 0.5) is 4.39 Å². The minimum atomic E-state index is -0.567. The van der Waals surface area contributed by atoms with E-state index in [1.807, 2.05) is 24.3 Å². The third kappa shape index (κ3) is 3.40. The number of aromatic nitrogens is 1. The molecule has 0 saturated carbocycles. The molecule has 0 radical (unpaired) electrons. The van der Waals surface area contributed by atoms with Gasteiger partial charge in [0.15, 0.2) is 18.2 Å². The van der Waals surface area contributed by atoms with Crippen molar-refractivity contribution in [3.8, 4) is 5.75 Å². The van der Waals surface area contributed by atoms with Crippen molar-refractivity contribution in [3.63, 3.8) is 0 Å². The zero-order valence-corrected chi connectivity index (χ0v) is 12.3. The molecule has 0 amide bonds. The number of carbonyl (C=O) groups is 1. The van der Waals surface area contributed by atoms with Crippen LogP contribution < -0.4 is 4.74 Å². The zero-order valence-electron chi connectivity index (χ0n) is 11.5. The molecule has 0 unspecified atom stereocenters. The van der Waals surface area contributed by atoms with Crippen LogP contribution in [0.5, 0.6) is 5.75 Å². The maximum atomic E-state index is 13.3. The predicted octanol–water partition coefficient (Wildman–Crippen LogP) is 3.56. The van der Waals surface area contributed by atoms with E-state index in [1.165, 1.54) is 23.5 Å². The Kier molecular flexibility index (Phi) is 4.29. The van der Waals surface area contributed by atoms with Crippen molar-refractivity contribution < 1.29 is 18.7 Å². The molecule has 0 aliphatic heterocycles. The van der Waals surface area contributed by atoms with Crippen molar-refractivity contribution in [2.45, 2.75) is 6.61 Å². The predicted molar refractivity (Wildman–Crippen MR) is 81.3 cm³/mol. The van der Waals surface area contributed by atoms with Crippen molar-refractivity contribution in [2.24, 2.45) is 0 Å². The molecule has 4 nitrogen and oxygen atoms in total. The van der Waals surface area contributed by atoms with Crippen LogP contribution in [0.3, 0.4) is 0 Å². The van der Waals surface area contributed by atoms with Crippen molar-refractivity contribution in [3.05, 3.63) is 59.4 Å². The molecule has 3 rings (SSSR count). The number of ether oxygens (including phenoxy) is 2. The van der Waals surface area contributed by atoms with E-state index in [9.17, 15) is 9.18 Å². The Labute approximate surface area is 130 Å². The Morgan fingerprint density at radius 2 is 1.91 bits per heavy atom. The number of benzene rings is 2. The average molecular weight is 317 g/mol. The van der Waals surface area contributed by atoms with E-state index in [2.05, 4.69) is 4.98 Å². The number of thiazole rings is 1. The number of rotatable bonds is 5. The second kappa shape index (κ2) is 6.53. The molecule has 0 saturated heterocycles. The molecule has 0 aliphatic carbocycles. The van der Waals surface area contributed by atoms with Gasteiger partial charge < -0.3 is 9.47 Å². The molecule has 0 spiro atoms. The average Bonchev–Trinajstić information content (AvgIpc) is 2.95. The molecule has 22 heavy (non-hydrogen) atoms. The van der Waals surface area contributed by atoms with Crippen LogP contribution in [0.15, 0.2) is 48.5 Å². The van der Waals surface area contributed by atoms with Gasteiger partial charge in [-0.05, 0) is 24.3 Å². The van der Waals surface area contributed by atoms with Crippen LogP contribution in [-0.4, -0.2) is 17.6 Å². The summed E-state index contributed by atoms with van der Waals surface area (Å²) >= 11 is 1.47. The largest absolute Gasteiger partial charge is 0.479 e. The second-order valence-corrected chi connectivity index (χ2v) is 5.57. The molecule has 1 heterocycles. The summed E-state index contributed by atoms with van der Waals surface area (Å²) < 4.78 is 24.5. The molecule has 0 N–H and O–H groups in total. The molecule has 2 aromatic carbocycles. The molecule has 6 heteroatoms. The number of fused-ring (bicyclic) bond motifs is 1. The summed E-state index contributed by atoms with van der Waals surface area (Å²) in [5.41, 5.74) is 0.876. The summed E-state index contributed by atoms with van der Waals surface area (Å²) in [6.45, 7) is -0.259. The van der Waals surface area contributed by atoms with Gasteiger partial charge >= 0.3 is 5.97 Å². The summed E-state index contributed by atoms with van der Waals surface area (Å²) in [5.74, 6) is -1.05. The van der Waals surface area contributed by atoms with E-state index < -0.39 is 11.8 Å². The number of hydrogen-bond donors (Lipinski definition) is 0. The summed E-state index contributed by atoms with van der Waals surface area (Å²) in [6, 6.07) is 13.6. The smallest absolute Gasteiger partial charge is 0.344 e. The quantitative estimate of drug-likeness (QED) is 0.675. The Hall–Kier alpha value is -2.47. The first-order valence-electron chi connectivity index (χ1n) is 6.60. The van der Waals surface area contributed by atoms with E-state index in [-0.39, 0.29) is 19.0 Å². The van der Waals surface area contributed by atoms with Crippen LogP contribution >= 0.6 is 11.3 Å². The molecule has 112 valence electrons. The highest BCUT2D eigenvalue weighted by atomic mass is 32.1. The molecule has 0 fully saturated rings. The number of nitrogens with zero attached hydrogens (tertiary/aromatic N) is 1. The van der Waals surface area contributed by atoms with Crippen LogP contribution in [-0.2, 0) is 16.1 Å². The van der Waals surface area contributed by atoms with Gasteiger partial charge in [-0.15, -0.1) is 11.3 Å². The molecule has 0 aliphatic rings. The minimum Gasteiger partial charge on any atom is -0.479 e. The summed E-state index contributed by atoms with van der Waals surface area (Å²) in [4.78, 5) is 16.0. The standard InChI is InChI=1S/C16H12FNO3S/c17-11-5-1-3-7-13(11)20-10-16(19)21-9-15-18-12-6-2-4-8-14(12)22-15/h1-8H,9-10H2. The van der Waals surface area contributed by atoms with E-state index in [0.29, 0.717) is 5.01 Å². The lowest BCUT2D eigenvalue weighted by Gasteiger charge is -2.06. The van der Waals surface area contributed by atoms with Crippen LogP contribution in [0.2, 0.25) is 0 Å². The third-order valence-electron chi connectivity index (χ3n) is 2.88. The van der Waals surface area contributed by atoms with Crippen LogP contribution in [0.25, 0.3) is 10.2 Å². The number of esters is 1. The first kappa shape index (κ1) is 14.5. The van der Waals surface area contributed by atoms with Gasteiger partial charge in [0.1, 0.15) is 11.6 Å². The lowest BCUT2D eigenvalue weighted by atomic mass is 10.3. The summed E-state index contributed by atoms with van der Waals surface area (Å²) in [7, 11) is 0. The van der Waals surface area contributed by atoms with Gasteiger partial charge in [-0.2, -0.15) is 0 Å². The lowest BCUT2D eigenvalue weighted by Crippen LogP contribution is -2.15. The highest BCUT2D eigenvalue weighted by molar-refractivity contribution is 7.18. The second-order valence-electron chi connectivity index (χ2n) is 4.46. The molecule has 1 aromatic heterocycles. The van der Waals surface area contributed by atoms with Gasteiger partial charge in [0.05, 0.1) is 10.2 Å². The fraction of sp³-hybridized carbons (Fsp3) is 0.125. The highest BCUT2D eigenvalue weighted by Crippen LogP contribution is 2.22. The fourth-order valence-electron chi connectivity index (χ4n) is 1.86. The molecule has 3 aromatic rings. The van der Waals surface area contributed by atoms with Crippen LogP contribution in [0, 0.1) is 5.82 Å². The molecular weight excluding hydrogens is 305 g/mol. The number of carbonyl (C=O) groups excluding carboxylic acids is 1. The molecule has 0 atom stereocenters. The maximum Gasteiger partial charge on any atom is 0.344 e. The zero-order chi connectivity index (χ0) is 15.4. The summed E-state index contributed by atoms with van der Waals surface area (Å²) in [5, 5.41) is 0.709. The molecule has 0 bridgehead atoms. The summed E-state index contributed by atoms with van der Waals surface area (Å²) in [6.07, 6.45) is 0. The van der Waals surface area contributed by atoms with E-state index in [0.717, 1.165) is 10.2 Å². The van der Waals surface area contributed by atoms with E-state index in [4.69, 9.17) is 9.47 Å². The minimum absolute atomic E-state index is 0.0273. The maximum absolute atomic E-state index is 13.3. The third-order valence-corrected chi connectivity index (χ3v) is 3.89. The first-order chi connectivity index (χ1) is 10.7. The number of hydrogen-bond acceptors (Lipinski definition) is 5. The Morgan fingerprint density at radius 3 is 2.73 bits per heavy atom. The van der Waals surface area contributed by atoms with Crippen LogP contribution in [0.1, 0.15) is 5.01 Å². The topological polar surface area (TPSA) is 48.4 Å². The first-order valence-corrected chi connectivity index (χ1v) is 7.41. The van der Waals surface area contributed by atoms with E-state index >= 15 is 0 Å². The number of halogens is 1. The van der Waals surface area contributed by atoms with Gasteiger partial charge in [0.2, 0.25) is 0 Å². The van der Waals surface area contributed by atoms with Gasteiger partial charge in [-0.3, -0.25) is 0 Å².